The molecule has 0 unspecified atom stereocenters. The zero-order chi connectivity index (χ0) is 25.9. The van der Waals surface area contributed by atoms with E-state index in [0.717, 1.165) is 11.3 Å². The van der Waals surface area contributed by atoms with Crippen LogP contribution in [-0.2, 0) is 32.3 Å². The maximum Gasteiger partial charge on any atom is 0.310 e. The Balaban J connectivity index is 1.43. The number of esters is 1. The molecule has 4 rings (SSSR count). The number of carbonyl (C=O) groups is 3. The third kappa shape index (κ3) is 5.63. The number of carbonyl (C=O) groups excluding carboxylic acids is 3. The Hall–Kier alpha value is -3.57. The van der Waals surface area contributed by atoms with Crippen LogP contribution in [0.5, 0.6) is 5.75 Å². The third-order valence-corrected chi connectivity index (χ3v) is 8.38. The monoisotopic (exact) mass is 527 g/mol. The van der Waals surface area contributed by atoms with Crippen LogP contribution in [0, 0.1) is 0 Å². The molecule has 11 heteroatoms. The molecule has 0 aliphatic carbocycles. The standard InChI is InChI=1S/C25H25N3O6S2/c1-3-22(30)34-18-7-5-6-17(15-18)28-13-12-20-23(24(28)31)35-25(26-20)27-21(29)14-16-8-10-19(11-9-16)36(32,33)4-2/h5-11,15H,3-4,12-14H2,1-2H3,(H,26,27,29). The number of nitrogens with zero attached hydrogens (tertiary/aromatic N) is 2. The Labute approximate surface area is 213 Å². The van der Waals surface area contributed by atoms with E-state index in [1.165, 1.54) is 12.1 Å². The number of anilines is 2. The fraction of sp³-hybridized carbons (Fsp3) is 0.280. The second kappa shape index (κ2) is 10.6. The van der Waals surface area contributed by atoms with Gasteiger partial charge in [0.25, 0.3) is 5.91 Å². The van der Waals surface area contributed by atoms with Crippen molar-refractivity contribution in [3.8, 4) is 5.75 Å². The largest absolute Gasteiger partial charge is 0.426 e. The molecule has 1 aliphatic heterocycles. The fourth-order valence-electron chi connectivity index (χ4n) is 3.68. The zero-order valence-corrected chi connectivity index (χ0v) is 21.4. The summed E-state index contributed by atoms with van der Waals surface area (Å²) in [6, 6.07) is 13.0. The first kappa shape index (κ1) is 25.5. The SMILES string of the molecule is CCC(=O)Oc1cccc(N2CCc3nc(NC(=O)Cc4ccc(S(=O)(=O)CC)cc4)sc3C2=O)c1. The van der Waals surface area contributed by atoms with Crippen LogP contribution in [0.25, 0.3) is 0 Å². The highest BCUT2D eigenvalue weighted by Gasteiger charge is 2.30. The molecule has 0 atom stereocenters. The molecule has 3 aromatic rings. The maximum atomic E-state index is 13.2. The van der Waals surface area contributed by atoms with Gasteiger partial charge in [0.15, 0.2) is 15.0 Å². The van der Waals surface area contributed by atoms with Gasteiger partial charge >= 0.3 is 5.97 Å². The van der Waals surface area contributed by atoms with E-state index in [1.807, 2.05) is 0 Å². The van der Waals surface area contributed by atoms with Crippen molar-refractivity contribution < 1.29 is 27.5 Å². The number of hydrogen-bond acceptors (Lipinski definition) is 8. The molecule has 1 aliphatic rings. The molecule has 0 spiro atoms. The van der Waals surface area contributed by atoms with Crippen LogP contribution >= 0.6 is 11.3 Å². The summed E-state index contributed by atoms with van der Waals surface area (Å²) in [5.41, 5.74) is 1.90. The summed E-state index contributed by atoms with van der Waals surface area (Å²) in [5.74, 6) is -0.530. The topological polar surface area (TPSA) is 123 Å². The summed E-state index contributed by atoms with van der Waals surface area (Å²) < 4.78 is 29.2. The number of sulfone groups is 1. The fourth-order valence-corrected chi connectivity index (χ4v) is 5.54. The van der Waals surface area contributed by atoms with Crippen LogP contribution in [0.1, 0.15) is 41.2 Å². The molecule has 2 heterocycles. The Morgan fingerprint density at radius 2 is 1.89 bits per heavy atom. The van der Waals surface area contributed by atoms with E-state index in [4.69, 9.17) is 4.74 Å². The van der Waals surface area contributed by atoms with Crippen LogP contribution < -0.4 is 15.0 Å². The van der Waals surface area contributed by atoms with Gasteiger partial charge in [-0.2, -0.15) is 0 Å². The highest BCUT2D eigenvalue weighted by atomic mass is 32.2. The van der Waals surface area contributed by atoms with Gasteiger partial charge in [-0.1, -0.05) is 43.4 Å². The first-order valence-electron chi connectivity index (χ1n) is 11.4. The second-order valence-corrected chi connectivity index (χ2v) is 11.4. The molecule has 188 valence electrons. The normalized spacial score (nSPS) is 13.3. The van der Waals surface area contributed by atoms with Crippen molar-refractivity contribution in [1.82, 2.24) is 4.98 Å². The molecule has 36 heavy (non-hydrogen) atoms. The minimum absolute atomic E-state index is 0.00937. The maximum absolute atomic E-state index is 13.2. The summed E-state index contributed by atoms with van der Waals surface area (Å²) in [6.45, 7) is 3.69. The van der Waals surface area contributed by atoms with Crippen LogP contribution in [0.15, 0.2) is 53.4 Å². The molecule has 0 saturated heterocycles. The van der Waals surface area contributed by atoms with E-state index in [1.54, 1.807) is 55.1 Å². The zero-order valence-electron chi connectivity index (χ0n) is 19.8. The molecular formula is C25H25N3O6S2. The molecule has 0 saturated carbocycles. The number of thiazole rings is 1. The lowest BCUT2D eigenvalue weighted by atomic mass is 10.1. The average Bonchev–Trinajstić information content (AvgIpc) is 3.28. The van der Waals surface area contributed by atoms with Crippen molar-refractivity contribution in [2.45, 2.75) is 38.0 Å². The number of amides is 2. The van der Waals surface area contributed by atoms with E-state index >= 15 is 0 Å². The van der Waals surface area contributed by atoms with E-state index in [2.05, 4.69) is 10.3 Å². The van der Waals surface area contributed by atoms with Crippen LogP contribution in [0.4, 0.5) is 10.8 Å². The molecule has 9 nitrogen and oxygen atoms in total. The summed E-state index contributed by atoms with van der Waals surface area (Å²) in [6.07, 6.45) is 0.803. The van der Waals surface area contributed by atoms with Crippen molar-refractivity contribution in [3.05, 3.63) is 64.7 Å². The minimum Gasteiger partial charge on any atom is -0.426 e. The van der Waals surface area contributed by atoms with Crippen LogP contribution in [0.2, 0.25) is 0 Å². The molecular weight excluding hydrogens is 502 g/mol. The van der Waals surface area contributed by atoms with Crippen molar-refractivity contribution >= 4 is 49.8 Å². The van der Waals surface area contributed by atoms with Crippen molar-refractivity contribution in [2.75, 3.05) is 22.5 Å². The molecule has 1 N–H and O–H groups in total. The summed E-state index contributed by atoms with van der Waals surface area (Å²) in [4.78, 5) is 44.0. The molecule has 0 bridgehead atoms. The number of hydrogen-bond donors (Lipinski definition) is 1. The van der Waals surface area contributed by atoms with E-state index in [-0.39, 0.29) is 41.3 Å². The lowest BCUT2D eigenvalue weighted by Crippen LogP contribution is -2.36. The smallest absolute Gasteiger partial charge is 0.310 e. The van der Waals surface area contributed by atoms with Crippen molar-refractivity contribution in [2.24, 2.45) is 0 Å². The second-order valence-electron chi connectivity index (χ2n) is 8.10. The lowest BCUT2D eigenvalue weighted by molar-refractivity contribution is -0.134. The number of ether oxygens (including phenoxy) is 1. The van der Waals surface area contributed by atoms with Crippen LogP contribution in [0.3, 0.4) is 0 Å². The minimum atomic E-state index is -3.30. The van der Waals surface area contributed by atoms with E-state index in [0.29, 0.717) is 45.7 Å². The van der Waals surface area contributed by atoms with Gasteiger partial charge in [0.1, 0.15) is 10.6 Å². The van der Waals surface area contributed by atoms with E-state index < -0.39 is 9.84 Å². The van der Waals surface area contributed by atoms with Gasteiger partial charge in [0.2, 0.25) is 5.91 Å². The third-order valence-electron chi connectivity index (χ3n) is 5.63. The van der Waals surface area contributed by atoms with Crippen molar-refractivity contribution in [3.63, 3.8) is 0 Å². The Morgan fingerprint density at radius 1 is 1.14 bits per heavy atom. The van der Waals surface area contributed by atoms with Gasteiger partial charge in [0.05, 0.1) is 22.8 Å². The van der Waals surface area contributed by atoms with Crippen molar-refractivity contribution in [1.29, 1.82) is 0 Å². The molecule has 1 aromatic heterocycles. The van der Waals surface area contributed by atoms with Gasteiger partial charge < -0.3 is 15.0 Å². The van der Waals surface area contributed by atoms with Gasteiger partial charge in [-0.3, -0.25) is 14.4 Å². The Kier molecular flexibility index (Phi) is 7.51. The van der Waals surface area contributed by atoms with Gasteiger partial charge in [-0.25, -0.2) is 13.4 Å². The molecule has 2 aromatic carbocycles. The molecule has 2 amide bonds. The number of fused-ring (bicyclic) bond motifs is 1. The Morgan fingerprint density at radius 3 is 2.58 bits per heavy atom. The first-order valence-corrected chi connectivity index (χ1v) is 13.9. The Bertz CT molecular complexity index is 1410. The summed E-state index contributed by atoms with van der Waals surface area (Å²) >= 11 is 1.11. The highest BCUT2D eigenvalue weighted by molar-refractivity contribution is 7.91. The first-order chi connectivity index (χ1) is 17.2. The van der Waals surface area contributed by atoms with Gasteiger partial charge in [-0.15, -0.1) is 0 Å². The molecule has 0 radical (unpaired) electrons. The average molecular weight is 528 g/mol. The number of aromatic nitrogens is 1. The van der Waals surface area contributed by atoms with Gasteiger partial charge in [0, 0.05) is 31.1 Å². The summed E-state index contributed by atoms with van der Waals surface area (Å²) in [5, 5.41) is 3.07. The molecule has 0 fully saturated rings. The van der Waals surface area contributed by atoms with E-state index in [9.17, 15) is 22.8 Å². The van der Waals surface area contributed by atoms with Gasteiger partial charge in [-0.05, 0) is 29.8 Å². The predicted molar refractivity (Wildman–Crippen MR) is 136 cm³/mol. The number of nitrogens with one attached hydrogen (secondary N) is 1. The summed E-state index contributed by atoms with van der Waals surface area (Å²) in [7, 11) is -3.30. The predicted octanol–water partition coefficient (Wildman–Crippen LogP) is 3.64. The number of benzene rings is 2. The quantitative estimate of drug-likeness (QED) is 0.350. The van der Waals surface area contributed by atoms with Crippen LogP contribution in [-0.4, -0.2) is 43.5 Å². The number of rotatable bonds is 8. The highest BCUT2D eigenvalue weighted by Crippen LogP contribution is 2.32. The lowest BCUT2D eigenvalue weighted by Gasteiger charge is -2.26.